The van der Waals surface area contributed by atoms with E-state index in [-0.39, 0.29) is 16.7 Å². The maximum Gasteiger partial charge on any atom is 0.257 e. The number of benzene rings is 1. The van der Waals surface area contributed by atoms with Crippen molar-refractivity contribution in [3.8, 4) is 17.2 Å². The number of likely N-dealkylation sites (tertiary alicyclic amines) is 1. The Hall–Kier alpha value is -1.95. The number of rotatable bonds is 6. The molecule has 1 aliphatic heterocycles. The van der Waals surface area contributed by atoms with Crippen LogP contribution in [0.15, 0.2) is 12.1 Å². The predicted octanol–water partition coefficient (Wildman–Crippen LogP) is 2.85. The van der Waals surface area contributed by atoms with E-state index in [9.17, 15) is 4.79 Å². The number of hydrogen-bond acceptors (Lipinski definition) is 5. The van der Waals surface area contributed by atoms with E-state index in [2.05, 4.69) is 13.8 Å². The van der Waals surface area contributed by atoms with E-state index in [0.717, 1.165) is 13.0 Å². The number of methoxy groups -OCH3 is 4. The van der Waals surface area contributed by atoms with Gasteiger partial charge in [-0.1, -0.05) is 13.8 Å². The molecular formula is C20H29NO5. The summed E-state index contributed by atoms with van der Waals surface area (Å²) in [5, 5.41) is 0. The van der Waals surface area contributed by atoms with Gasteiger partial charge in [0.25, 0.3) is 5.91 Å². The second-order valence-corrected chi connectivity index (χ2v) is 8.11. The van der Waals surface area contributed by atoms with Crippen molar-refractivity contribution in [2.24, 2.45) is 16.7 Å². The van der Waals surface area contributed by atoms with Gasteiger partial charge in [0.2, 0.25) is 0 Å². The van der Waals surface area contributed by atoms with Crippen LogP contribution in [0.4, 0.5) is 0 Å². The minimum atomic E-state index is -0.0384. The third-order valence-electron chi connectivity index (χ3n) is 6.05. The van der Waals surface area contributed by atoms with Gasteiger partial charge in [-0.2, -0.15) is 0 Å². The summed E-state index contributed by atoms with van der Waals surface area (Å²) in [7, 11) is 6.42. The fraction of sp³-hybridized carbons (Fsp3) is 0.650. The minimum absolute atomic E-state index is 0.0384. The van der Waals surface area contributed by atoms with Crippen molar-refractivity contribution in [2.75, 3.05) is 48.1 Å². The molecule has 3 rings (SSSR count). The van der Waals surface area contributed by atoms with E-state index in [4.69, 9.17) is 18.9 Å². The molecule has 0 aromatic heterocycles. The Labute approximate surface area is 155 Å². The molecule has 1 amide bonds. The lowest BCUT2D eigenvalue weighted by atomic mass is 9.48. The highest BCUT2D eigenvalue weighted by Gasteiger charge is 2.63. The summed E-state index contributed by atoms with van der Waals surface area (Å²) in [6, 6.07) is 3.40. The number of carbonyl (C=O) groups is 1. The SMILES string of the molecule is COC[C@@]12CN(C(=O)c3cc(OC)c(OC)cc3OC)C[C@@H]1C(C)(C)C2. The van der Waals surface area contributed by atoms with E-state index >= 15 is 0 Å². The van der Waals surface area contributed by atoms with Crippen molar-refractivity contribution in [1.82, 2.24) is 4.90 Å². The van der Waals surface area contributed by atoms with Crippen molar-refractivity contribution in [3.63, 3.8) is 0 Å². The van der Waals surface area contributed by atoms with Crippen LogP contribution in [-0.2, 0) is 4.74 Å². The number of hydrogen-bond donors (Lipinski definition) is 0. The van der Waals surface area contributed by atoms with Gasteiger partial charge in [0.1, 0.15) is 5.75 Å². The lowest BCUT2D eigenvalue weighted by Gasteiger charge is -2.56. The Morgan fingerprint density at radius 1 is 1.08 bits per heavy atom. The first kappa shape index (κ1) is 18.8. The number of nitrogens with zero attached hydrogens (tertiary/aromatic N) is 1. The summed E-state index contributed by atoms with van der Waals surface area (Å²) >= 11 is 0. The van der Waals surface area contributed by atoms with E-state index in [1.807, 2.05) is 4.90 Å². The molecule has 0 N–H and O–H groups in total. The first-order valence-electron chi connectivity index (χ1n) is 8.90. The average Bonchev–Trinajstić information content (AvgIpc) is 2.94. The standard InChI is InChI=1S/C20H29NO5/c1-19(2)10-20(12-23-3)11-21(9-17(19)20)18(22)13-7-15(25-5)16(26-6)8-14(13)24-4/h7-8,17H,9-12H2,1-6H3/t17-,20-/m1/s1. The molecule has 0 bridgehead atoms. The molecule has 1 heterocycles. The van der Waals surface area contributed by atoms with Gasteiger partial charge in [-0.3, -0.25) is 4.79 Å². The van der Waals surface area contributed by atoms with Gasteiger partial charge in [-0.25, -0.2) is 0 Å². The van der Waals surface area contributed by atoms with Crippen LogP contribution in [0.3, 0.4) is 0 Å². The average molecular weight is 363 g/mol. The second-order valence-electron chi connectivity index (χ2n) is 8.11. The highest BCUT2D eigenvalue weighted by atomic mass is 16.5. The van der Waals surface area contributed by atoms with E-state index in [1.54, 1.807) is 40.6 Å². The zero-order valence-electron chi connectivity index (χ0n) is 16.5. The molecule has 2 fully saturated rings. The maximum absolute atomic E-state index is 13.3. The van der Waals surface area contributed by atoms with E-state index in [0.29, 0.717) is 41.9 Å². The van der Waals surface area contributed by atoms with Gasteiger partial charge >= 0.3 is 0 Å². The van der Waals surface area contributed by atoms with Crippen molar-refractivity contribution >= 4 is 5.91 Å². The Kier molecular flexibility index (Phi) is 4.82. The number of carbonyl (C=O) groups excluding carboxylic acids is 1. The predicted molar refractivity (Wildman–Crippen MR) is 98.2 cm³/mol. The quantitative estimate of drug-likeness (QED) is 0.778. The van der Waals surface area contributed by atoms with E-state index < -0.39 is 0 Å². The van der Waals surface area contributed by atoms with Gasteiger partial charge in [-0.15, -0.1) is 0 Å². The molecule has 1 aromatic rings. The zero-order chi connectivity index (χ0) is 19.1. The first-order valence-corrected chi connectivity index (χ1v) is 8.90. The topological polar surface area (TPSA) is 57.2 Å². The van der Waals surface area contributed by atoms with Crippen LogP contribution in [0.5, 0.6) is 17.2 Å². The Balaban J connectivity index is 1.91. The van der Waals surface area contributed by atoms with Crippen LogP contribution in [0.2, 0.25) is 0 Å². The van der Waals surface area contributed by atoms with Crippen molar-refractivity contribution in [2.45, 2.75) is 20.3 Å². The van der Waals surface area contributed by atoms with Crippen LogP contribution in [0.25, 0.3) is 0 Å². The Morgan fingerprint density at radius 2 is 1.69 bits per heavy atom. The molecule has 1 aromatic carbocycles. The van der Waals surface area contributed by atoms with Gasteiger partial charge in [0.05, 0.1) is 33.5 Å². The molecule has 1 saturated carbocycles. The molecule has 144 valence electrons. The lowest BCUT2D eigenvalue weighted by Crippen LogP contribution is -2.55. The van der Waals surface area contributed by atoms with Crippen molar-refractivity contribution in [1.29, 1.82) is 0 Å². The number of amides is 1. The van der Waals surface area contributed by atoms with Crippen molar-refractivity contribution in [3.05, 3.63) is 17.7 Å². The third-order valence-corrected chi connectivity index (χ3v) is 6.05. The minimum Gasteiger partial charge on any atom is -0.496 e. The zero-order valence-corrected chi connectivity index (χ0v) is 16.5. The van der Waals surface area contributed by atoms with Crippen LogP contribution < -0.4 is 14.2 Å². The molecule has 1 saturated heterocycles. The van der Waals surface area contributed by atoms with Gasteiger partial charge < -0.3 is 23.8 Å². The molecule has 2 atom stereocenters. The highest BCUT2D eigenvalue weighted by Crippen LogP contribution is 2.63. The highest BCUT2D eigenvalue weighted by molar-refractivity contribution is 5.98. The summed E-state index contributed by atoms with van der Waals surface area (Å²) < 4.78 is 21.6. The molecule has 1 aliphatic carbocycles. The molecule has 26 heavy (non-hydrogen) atoms. The van der Waals surface area contributed by atoms with E-state index in [1.165, 1.54) is 0 Å². The molecule has 2 aliphatic rings. The fourth-order valence-corrected chi connectivity index (χ4v) is 5.13. The lowest BCUT2D eigenvalue weighted by molar-refractivity contribution is -0.107. The first-order chi connectivity index (χ1) is 12.3. The molecule has 0 radical (unpaired) electrons. The fourth-order valence-electron chi connectivity index (χ4n) is 5.13. The van der Waals surface area contributed by atoms with Gasteiger partial charge in [0.15, 0.2) is 11.5 Å². The molecule has 0 spiro atoms. The molecule has 6 nitrogen and oxygen atoms in total. The smallest absolute Gasteiger partial charge is 0.257 e. The number of ether oxygens (including phenoxy) is 4. The van der Waals surface area contributed by atoms with Gasteiger partial charge in [-0.05, 0) is 17.8 Å². The summed E-state index contributed by atoms with van der Waals surface area (Å²) in [4.78, 5) is 15.2. The number of fused-ring (bicyclic) bond motifs is 1. The summed E-state index contributed by atoms with van der Waals surface area (Å²) in [6.45, 7) is 6.69. The third kappa shape index (κ3) is 2.80. The summed E-state index contributed by atoms with van der Waals surface area (Å²) in [5.74, 6) is 1.96. The monoisotopic (exact) mass is 363 g/mol. The Morgan fingerprint density at radius 3 is 2.23 bits per heavy atom. The van der Waals surface area contributed by atoms with Crippen LogP contribution >= 0.6 is 0 Å². The maximum atomic E-state index is 13.3. The van der Waals surface area contributed by atoms with Crippen LogP contribution in [-0.4, -0.2) is 58.9 Å². The van der Waals surface area contributed by atoms with Crippen LogP contribution in [0.1, 0.15) is 30.6 Å². The van der Waals surface area contributed by atoms with Gasteiger partial charge in [0, 0.05) is 37.7 Å². The molecular weight excluding hydrogens is 334 g/mol. The second kappa shape index (κ2) is 6.65. The van der Waals surface area contributed by atoms with Crippen LogP contribution in [0, 0.1) is 16.7 Å². The van der Waals surface area contributed by atoms with Crippen molar-refractivity contribution < 1.29 is 23.7 Å². The normalized spacial score (nSPS) is 26.1. The summed E-state index contributed by atoms with van der Waals surface area (Å²) in [6.07, 6.45) is 1.07. The molecule has 6 heteroatoms. The molecule has 0 unspecified atom stereocenters. The largest absolute Gasteiger partial charge is 0.496 e. The Bertz CT molecular complexity index is 702. The summed E-state index contributed by atoms with van der Waals surface area (Å²) in [5.41, 5.74) is 0.796.